The van der Waals surface area contributed by atoms with Crippen LogP contribution >= 0.6 is 0 Å². The van der Waals surface area contributed by atoms with Gasteiger partial charge in [-0.2, -0.15) is 0 Å². The number of ether oxygens (including phenoxy) is 1. The van der Waals surface area contributed by atoms with E-state index in [-0.39, 0.29) is 0 Å². The highest BCUT2D eigenvalue weighted by atomic mass is 16.5. The number of aromatic nitrogens is 3. The fourth-order valence-corrected chi connectivity index (χ4v) is 2.01. The van der Waals surface area contributed by atoms with Crippen LogP contribution in [0, 0.1) is 6.92 Å². The summed E-state index contributed by atoms with van der Waals surface area (Å²) in [5, 5.41) is 3.28. The van der Waals surface area contributed by atoms with Gasteiger partial charge in [0.25, 0.3) is 0 Å². The van der Waals surface area contributed by atoms with Crippen LogP contribution in [0.5, 0.6) is 5.75 Å². The quantitative estimate of drug-likeness (QED) is 0.841. The van der Waals surface area contributed by atoms with Crippen LogP contribution in [0.15, 0.2) is 24.5 Å². The maximum atomic E-state index is 5.89. The highest BCUT2D eigenvalue weighted by Crippen LogP contribution is 2.18. The minimum Gasteiger partial charge on any atom is -0.484 e. The fraction of sp³-hybridized carbons (Fsp3) is 0.467. The summed E-state index contributed by atoms with van der Waals surface area (Å²) in [4.78, 5) is 8.85. The van der Waals surface area contributed by atoms with E-state index >= 15 is 0 Å². The molecule has 0 saturated heterocycles. The maximum absolute atomic E-state index is 5.89. The second-order valence-electron chi connectivity index (χ2n) is 4.60. The summed E-state index contributed by atoms with van der Waals surface area (Å²) >= 11 is 0. The van der Waals surface area contributed by atoms with Crippen LogP contribution < -0.4 is 10.1 Å². The highest BCUT2D eigenvalue weighted by molar-refractivity contribution is 5.29. The number of pyridine rings is 1. The number of rotatable bonds is 7. The molecule has 2 aromatic rings. The molecule has 20 heavy (non-hydrogen) atoms. The van der Waals surface area contributed by atoms with E-state index in [0.717, 1.165) is 42.6 Å². The second kappa shape index (κ2) is 7.05. The van der Waals surface area contributed by atoms with Crippen molar-refractivity contribution in [2.24, 2.45) is 0 Å². The number of hydrogen-bond acceptors (Lipinski definition) is 4. The molecule has 0 spiro atoms. The zero-order valence-electron chi connectivity index (χ0n) is 12.4. The van der Waals surface area contributed by atoms with Crippen molar-refractivity contribution in [2.45, 2.75) is 40.5 Å². The molecule has 0 atom stereocenters. The maximum Gasteiger partial charge on any atom is 0.146 e. The largest absolute Gasteiger partial charge is 0.484 e. The van der Waals surface area contributed by atoms with Gasteiger partial charge in [0.2, 0.25) is 0 Å². The van der Waals surface area contributed by atoms with Gasteiger partial charge in [-0.25, -0.2) is 4.98 Å². The Hall–Kier alpha value is -1.88. The van der Waals surface area contributed by atoms with E-state index in [1.54, 1.807) is 6.20 Å². The summed E-state index contributed by atoms with van der Waals surface area (Å²) in [6, 6.07) is 3.95. The van der Waals surface area contributed by atoms with Crippen molar-refractivity contribution in [3.05, 3.63) is 41.7 Å². The van der Waals surface area contributed by atoms with E-state index in [1.807, 2.05) is 25.3 Å². The highest BCUT2D eigenvalue weighted by Gasteiger charge is 2.08. The standard InChI is InChI=1S/C15H22N4O/c1-4-16-10-13-14(7-6-12(3)18-13)20-11-15-17-8-9-19(15)5-2/h6-9,16H,4-5,10-11H2,1-3H3. The van der Waals surface area contributed by atoms with Gasteiger partial charge < -0.3 is 14.6 Å². The smallest absolute Gasteiger partial charge is 0.146 e. The Morgan fingerprint density at radius 1 is 1.30 bits per heavy atom. The third-order valence-electron chi connectivity index (χ3n) is 3.11. The molecule has 108 valence electrons. The van der Waals surface area contributed by atoms with Crippen molar-refractivity contribution >= 4 is 0 Å². The van der Waals surface area contributed by atoms with Gasteiger partial charge in [-0.05, 0) is 32.5 Å². The first-order valence-electron chi connectivity index (χ1n) is 7.04. The van der Waals surface area contributed by atoms with Crippen LogP contribution in [0.25, 0.3) is 0 Å². The molecule has 0 aliphatic rings. The molecule has 0 saturated carbocycles. The molecule has 2 rings (SSSR count). The van der Waals surface area contributed by atoms with Gasteiger partial charge >= 0.3 is 0 Å². The van der Waals surface area contributed by atoms with Crippen molar-refractivity contribution < 1.29 is 4.74 Å². The van der Waals surface area contributed by atoms with Gasteiger partial charge in [0, 0.05) is 31.2 Å². The van der Waals surface area contributed by atoms with Crippen LogP contribution in [-0.2, 0) is 19.7 Å². The van der Waals surface area contributed by atoms with Crippen molar-refractivity contribution in [1.82, 2.24) is 19.9 Å². The third-order valence-corrected chi connectivity index (χ3v) is 3.11. The van der Waals surface area contributed by atoms with Gasteiger partial charge in [0.1, 0.15) is 18.2 Å². The minimum absolute atomic E-state index is 0.463. The SMILES string of the molecule is CCNCc1nc(C)ccc1OCc1nccn1CC. The summed E-state index contributed by atoms with van der Waals surface area (Å²) in [5.74, 6) is 1.75. The Morgan fingerprint density at radius 2 is 2.15 bits per heavy atom. The van der Waals surface area contributed by atoms with E-state index in [0.29, 0.717) is 6.61 Å². The molecule has 1 N–H and O–H groups in total. The van der Waals surface area contributed by atoms with E-state index < -0.39 is 0 Å². The zero-order chi connectivity index (χ0) is 14.4. The molecule has 0 aliphatic heterocycles. The van der Waals surface area contributed by atoms with E-state index in [9.17, 15) is 0 Å². The summed E-state index contributed by atoms with van der Waals surface area (Å²) in [5.41, 5.74) is 1.95. The molecule has 0 radical (unpaired) electrons. The first-order valence-corrected chi connectivity index (χ1v) is 7.04. The van der Waals surface area contributed by atoms with E-state index in [4.69, 9.17) is 4.74 Å². The predicted octanol–water partition coefficient (Wildman–Crippen LogP) is 2.29. The van der Waals surface area contributed by atoms with Gasteiger partial charge in [0.15, 0.2) is 0 Å². The molecule has 0 amide bonds. The van der Waals surface area contributed by atoms with E-state index in [2.05, 4.69) is 33.7 Å². The fourth-order valence-electron chi connectivity index (χ4n) is 2.01. The molecule has 2 heterocycles. The van der Waals surface area contributed by atoms with Crippen LogP contribution in [0.2, 0.25) is 0 Å². The van der Waals surface area contributed by atoms with E-state index in [1.165, 1.54) is 0 Å². The second-order valence-corrected chi connectivity index (χ2v) is 4.60. The van der Waals surface area contributed by atoms with Crippen molar-refractivity contribution in [2.75, 3.05) is 6.54 Å². The lowest BCUT2D eigenvalue weighted by Gasteiger charge is -2.12. The molecule has 0 fully saturated rings. The molecule has 0 unspecified atom stereocenters. The van der Waals surface area contributed by atoms with Gasteiger partial charge in [-0.15, -0.1) is 0 Å². The average Bonchev–Trinajstić information content (AvgIpc) is 2.91. The third kappa shape index (κ3) is 3.57. The lowest BCUT2D eigenvalue weighted by Crippen LogP contribution is -2.15. The monoisotopic (exact) mass is 274 g/mol. The molecule has 0 bridgehead atoms. The van der Waals surface area contributed by atoms with Crippen molar-refractivity contribution in [3.63, 3.8) is 0 Å². The lowest BCUT2D eigenvalue weighted by atomic mass is 10.3. The molecular formula is C15H22N4O. The lowest BCUT2D eigenvalue weighted by molar-refractivity contribution is 0.284. The molecule has 5 heteroatoms. The average molecular weight is 274 g/mol. The Labute approximate surface area is 120 Å². The van der Waals surface area contributed by atoms with Crippen LogP contribution in [0.3, 0.4) is 0 Å². The van der Waals surface area contributed by atoms with Crippen LogP contribution in [0.4, 0.5) is 0 Å². The summed E-state index contributed by atoms with van der Waals surface area (Å²) < 4.78 is 7.97. The number of hydrogen-bond donors (Lipinski definition) is 1. The van der Waals surface area contributed by atoms with Crippen molar-refractivity contribution in [1.29, 1.82) is 0 Å². The number of imidazole rings is 1. The topological polar surface area (TPSA) is 52.0 Å². The van der Waals surface area contributed by atoms with Crippen LogP contribution in [-0.4, -0.2) is 21.1 Å². The normalized spacial score (nSPS) is 10.8. The molecule has 0 aliphatic carbocycles. The molecule has 5 nitrogen and oxygen atoms in total. The number of nitrogens with zero attached hydrogens (tertiary/aromatic N) is 3. The Morgan fingerprint density at radius 3 is 2.90 bits per heavy atom. The minimum atomic E-state index is 0.463. The summed E-state index contributed by atoms with van der Waals surface area (Å²) in [6.07, 6.45) is 3.76. The molecular weight excluding hydrogens is 252 g/mol. The van der Waals surface area contributed by atoms with Crippen LogP contribution in [0.1, 0.15) is 31.1 Å². The zero-order valence-corrected chi connectivity index (χ0v) is 12.4. The van der Waals surface area contributed by atoms with Gasteiger partial charge in [-0.3, -0.25) is 4.98 Å². The molecule has 0 aromatic carbocycles. The summed E-state index contributed by atoms with van der Waals surface area (Å²) in [7, 11) is 0. The molecule has 2 aromatic heterocycles. The first kappa shape index (κ1) is 14.5. The number of aryl methyl sites for hydroxylation is 2. The number of nitrogens with one attached hydrogen (secondary N) is 1. The Bertz CT molecular complexity index is 551. The Kier molecular flexibility index (Phi) is 5.12. The summed E-state index contributed by atoms with van der Waals surface area (Å²) in [6.45, 7) is 9.15. The van der Waals surface area contributed by atoms with Crippen molar-refractivity contribution in [3.8, 4) is 5.75 Å². The Balaban J connectivity index is 2.08. The predicted molar refractivity (Wildman–Crippen MR) is 78.6 cm³/mol. The van der Waals surface area contributed by atoms with Gasteiger partial charge in [0.05, 0.1) is 5.69 Å². The van der Waals surface area contributed by atoms with Gasteiger partial charge in [-0.1, -0.05) is 6.92 Å². The first-order chi connectivity index (χ1) is 9.74.